The minimum absolute atomic E-state index is 0.881. The van der Waals surface area contributed by atoms with Crippen molar-refractivity contribution in [1.82, 2.24) is 0 Å². The quantitative estimate of drug-likeness (QED) is 0.430. The summed E-state index contributed by atoms with van der Waals surface area (Å²) in [7, 11) is 0. The Balaban J connectivity index is 1.40. The highest BCUT2D eigenvalue weighted by molar-refractivity contribution is 8.03. The standard InChI is InChI=1S/C18H34S3/c1-16(21-18-10-6-3-7-11-18)12-13-19-14-15-20-17-8-4-2-5-9-17/h16-18H,2-15H2,1H3. The second-order valence-corrected chi connectivity index (χ2v) is 11.1. The maximum Gasteiger partial charge on any atom is 0.00497 e. The van der Waals surface area contributed by atoms with Crippen LogP contribution in [0.15, 0.2) is 0 Å². The Hall–Kier alpha value is 1.05. The van der Waals surface area contributed by atoms with Crippen molar-refractivity contribution in [2.24, 2.45) is 0 Å². The van der Waals surface area contributed by atoms with Crippen molar-refractivity contribution in [2.45, 2.75) is 93.3 Å². The summed E-state index contributed by atoms with van der Waals surface area (Å²) in [6.07, 6.45) is 16.3. The van der Waals surface area contributed by atoms with Crippen LogP contribution in [0, 0.1) is 0 Å². The normalized spacial score (nSPS) is 23.3. The molecule has 0 saturated heterocycles. The van der Waals surface area contributed by atoms with Gasteiger partial charge in [0.25, 0.3) is 0 Å². The molecule has 0 spiro atoms. The molecule has 2 aliphatic rings. The van der Waals surface area contributed by atoms with Crippen molar-refractivity contribution in [1.29, 1.82) is 0 Å². The van der Waals surface area contributed by atoms with Gasteiger partial charge in [-0.25, -0.2) is 0 Å². The zero-order valence-electron chi connectivity index (χ0n) is 13.9. The molecule has 0 amide bonds. The van der Waals surface area contributed by atoms with Gasteiger partial charge in [-0.05, 0) is 37.9 Å². The molecule has 0 aromatic rings. The second-order valence-electron chi connectivity index (χ2n) is 6.74. The van der Waals surface area contributed by atoms with Gasteiger partial charge in [-0.1, -0.05) is 45.4 Å². The molecular formula is C18H34S3. The molecule has 2 fully saturated rings. The molecule has 0 heterocycles. The van der Waals surface area contributed by atoms with Crippen molar-refractivity contribution in [2.75, 3.05) is 17.3 Å². The van der Waals surface area contributed by atoms with Crippen molar-refractivity contribution < 1.29 is 0 Å². The second kappa shape index (κ2) is 11.6. The molecule has 0 aliphatic heterocycles. The fourth-order valence-corrected chi connectivity index (χ4v) is 7.70. The Bertz CT molecular complexity index is 245. The third kappa shape index (κ3) is 8.46. The molecular weight excluding hydrogens is 312 g/mol. The van der Waals surface area contributed by atoms with Crippen molar-refractivity contribution >= 4 is 35.3 Å². The Labute approximate surface area is 145 Å². The molecule has 124 valence electrons. The van der Waals surface area contributed by atoms with E-state index in [9.17, 15) is 0 Å². The fourth-order valence-electron chi connectivity index (χ4n) is 3.45. The Kier molecular flexibility index (Phi) is 10.1. The summed E-state index contributed by atoms with van der Waals surface area (Å²) >= 11 is 6.75. The van der Waals surface area contributed by atoms with Gasteiger partial charge in [-0.3, -0.25) is 0 Å². The van der Waals surface area contributed by atoms with E-state index in [4.69, 9.17) is 0 Å². The third-order valence-corrected chi connectivity index (χ3v) is 8.99. The monoisotopic (exact) mass is 346 g/mol. The predicted molar refractivity (Wildman–Crippen MR) is 105 cm³/mol. The molecule has 0 bridgehead atoms. The lowest BCUT2D eigenvalue weighted by molar-refractivity contribution is 0.515. The van der Waals surface area contributed by atoms with Crippen LogP contribution in [0.2, 0.25) is 0 Å². The minimum Gasteiger partial charge on any atom is -0.161 e. The molecule has 1 unspecified atom stereocenters. The highest BCUT2D eigenvalue weighted by Gasteiger charge is 2.17. The van der Waals surface area contributed by atoms with E-state index < -0.39 is 0 Å². The van der Waals surface area contributed by atoms with E-state index in [0.717, 1.165) is 15.7 Å². The largest absolute Gasteiger partial charge is 0.161 e. The highest BCUT2D eigenvalue weighted by Crippen LogP contribution is 2.32. The first-order chi connectivity index (χ1) is 10.3. The van der Waals surface area contributed by atoms with E-state index in [-0.39, 0.29) is 0 Å². The lowest BCUT2D eigenvalue weighted by atomic mass is 10.0. The summed E-state index contributed by atoms with van der Waals surface area (Å²) in [6.45, 7) is 2.45. The van der Waals surface area contributed by atoms with Gasteiger partial charge in [-0.15, -0.1) is 0 Å². The molecule has 0 aromatic heterocycles. The maximum absolute atomic E-state index is 2.45. The van der Waals surface area contributed by atoms with Crippen LogP contribution in [-0.2, 0) is 0 Å². The van der Waals surface area contributed by atoms with Crippen molar-refractivity contribution in [3.8, 4) is 0 Å². The van der Waals surface area contributed by atoms with Gasteiger partial charge in [0.15, 0.2) is 0 Å². The number of rotatable bonds is 9. The Morgan fingerprint density at radius 3 is 2.05 bits per heavy atom. The van der Waals surface area contributed by atoms with Crippen LogP contribution in [-0.4, -0.2) is 33.0 Å². The van der Waals surface area contributed by atoms with Crippen LogP contribution in [0.3, 0.4) is 0 Å². The van der Waals surface area contributed by atoms with E-state index >= 15 is 0 Å². The van der Waals surface area contributed by atoms with Gasteiger partial charge < -0.3 is 0 Å². The zero-order valence-corrected chi connectivity index (χ0v) is 16.3. The number of hydrogen-bond acceptors (Lipinski definition) is 3. The SMILES string of the molecule is CC(CCSCCSC1CCCCC1)SC1CCCCC1. The smallest absolute Gasteiger partial charge is 0.00497 e. The predicted octanol–water partition coefficient (Wildman–Crippen LogP) is 6.63. The molecule has 2 aliphatic carbocycles. The first-order valence-electron chi connectivity index (χ1n) is 9.19. The molecule has 0 aromatic carbocycles. The minimum atomic E-state index is 0.881. The molecule has 2 saturated carbocycles. The van der Waals surface area contributed by atoms with E-state index in [1.807, 2.05) is 0 Å². The summed E-state index contributed by atoms with van der Waals surface area (Å²) in [5, 5.41) is 2.87. The van der Waals surface area contributed by atoms with Crippen LogP contribution in [0.5, 0.6) is 0 Å². The zero-order chi connectivity index (χ0) is 14.8. The van der Waals surface area contributed by atoms with E-state index in [2.05, 4.69) is 42.2 Å². The number of hydrogen-bond donors (Lipinski definition) is 0. The van der Waals surface area contributed by atoms with Gasteiger partial charge >= 0.3 is 0 Å². The van der Waals surface area contributed by atoms with Crippen LogP contribution in [0.4, 0.5) is 0 Å². The van der Waals surface area contributed by atoms with Crippen LogP contribution < -0.4 is 0 Å². The van der Waals surface area contributed by atoms with Gasteiger partial charge in [0.05, 0.1) is 0 Å². The Morgan fingerprint density at radius 1 is 0.762 bits per heavy atom. The lowest BCUT2D eigenvalue weighted by Gasteiger charge is -2.24. The number of thioether (sulfide) groups is 3. The van der Waals surface area contributed by atoms with E-state index in [1.165, 1.54) is 87.9 Å². The van der Waals surface area contributed by atoms with E-state index in [0.29, 0.717) is 0 Å². The lowest BCUT2D eigenvalue weighted by Crippen LogP contribution is -2.13. The molecule has 2 rings (SSSR count). The van der Waals surface area contributed by atoms with Crippen molar-refractivity contribution in [3.63, 3.8) is 0 Å². The summed E-state index contributed by atoms with van der Waals surface area (Å²) < 4.78 is 0. The van der Waals surface area contributed by atoms with Gasteiger partial charge in [0.1, 0.15) is 0 Å². The summed E-state index contributed by atoms with van der Waals surface area (Å²) in [5.74, 6) is 4.15. The molecule has 1 atom stereocenters. The summed E-state index contributed by atoms with van der Waals surface area (Å²) in [5.41, 5.74) is 0. The summed E-state index contributed by atoms with van der Waals surface area (Å²) in [4.78, 5) is 0. The van der Waals surface area contributed by atoms with Gasteiger partial charge in [0.2, 0.25) is 0 Å². The molecule has 21 heavy (non-hydrogen) atoms. The third-order valence-electron chi connectivity index (χ3n) is 4.78. The molecule has 0 radical (unpaired) electrons. The van der Waals surface area contributed by atoms with E-state index in [1.54, 1.807) is 0 Å². The van der Waals surface area contributed by atoms with Gasteiger partial charge in [-0.2, -0.15) is 35.3 Å². The van der Waals surface area contributed by atoms with Crippen molar-refractivity contribution in [3.05, 3.63) is 0 Å². The fraction of sp³-hybridized carbons (Fsp3) is 1.00. The first-order valence-corrected chi connectivity index (χ1v) is 12.3. The average molecular weight is 347 g/mol. The summed E-state index contributed by atoms with van der Waals surface area (Å²) in [6, 6.07) is 0. The maximum atomic E-state index is 2.45. The van der Waals surface area contributed by atoms with Crippen LogP contribution in [0.25, 0.3) is 0 Å². The Morgan fingerprint density at radius 2 is 1.38 bits per heavy atom. The molecule has 3 heteroatoms. The topological polar surface area (TPSA) is 0 Å². The first kappa shape index (κ1) is 18.4. The van der Waals surface area contributed by atoms with Gasteiger partial charge in [0, 0.05) is 27.3 Å². The molecule has 0 N–H and O–H groups in total. The average Bonchev–Trinajstić information content (AvgIpc) is 2.53. The van der Waals surface area contributed by atoms with Crippen LogP contribution >= 0.6 is 35.3 Å². The van der Waals surface area contributed by atoms with Crippen LogP contribution in [0.1, 0.15) is 77.6 Å². The highest BCUT2D eigenvalue weighted by atomic mass is 32.2. The molecule has 0 nitrogen and oxygen atoms in total.